The van der Waals surface area contributed by atoms with Crippen LogP contribution >= 0.6 is 0 Å². The molecule has 3 rings (SSSR count). The number of carbonyl (C=O) groups excluding carboxylic acids is 1. The van der Waals surface area contributed by atoms with Crippen molar-refractivity contribution in [2.45, 2.75) is 24.3 Å². The maximum absolute atomic E-state index is 12.3. The molecular weight excluding hydrogens is 326 g/mol. The lowest BCUT2D eigenvalue weighted by Crippen LogP contribution is -2.12. The fraction of sp³-hybridized carbons (Fsp3) is 0.167. The summed E-state index contributed by atoms with van der Waals surface area (Å²) in [6.45, 7) is 1.85. The largest absolute Gasteiger partial charge is 0.459 e. The van der Waals surface area contributed by atoms with Crippen LogP contribution in [0.4, 0.5) is 5.69 Å². The van der Waals surface area contributed by atoms with Crippen LogP contribution in [-0.2, 0) is 19.6 Å². The van der Waals surface area contributed by atoms with Crippen molar-refractivity contribution in [1.82, 2.24) is 0 Å². The molecule has 1 saturated heterocycles. The number of nitrogens with one attached hydrogen (secondary N) is 1. The molecule has 5 nitrogen and oxygen atoms in total. The van der Waals surface area contributed by atoms with E-state index in [0.717, 1.165) is 5.56 Å². The number of hydrogen-bond acceptors (Lipinski definition) is 4. The maximum Gasteiger partial charge on any atom is 0.334 e. The number of cyclic esters (lactones) is 1. The highest BCUT2D eigenvalue weighted by Crippen LogP contribution is 2.23. The Morgan fingerprint density at radius 1 is 1.08 bits per heavy atom. The van der Waals surface area contributed by atoms with Gasteiger partial charge in [0, 0.05) is 17.7 Å². The lowest BCUT2D eigenvalue weighted by molar-refractivity contribution is -0.138. The summed E-state index contributed by atoms with van der Waals surface area (Å²) in [5.41, 5.74) is 1.90. The third-order valence-corrected chi connectivity index (χ3v) is 5.03. The Balaban J connectivity index is 1.76. The van der Waals surface area contributed by atoms with Crippen molar-refractivity contribution in [3.05, 3.63) is 65.7 Å². The van der Waals surface area contributed by atoms with Crippen molar-refractivity contribution in [3.63, 3.8) is 0 Å². The average Bonchev–Trinajstić information content (AvgIpc) is 2.87. The van der Waals surface area contributed by atoms with Crippen LogP contribution in [0.3, 0.4) is 0 Å². The van der Waals surface area contributed by atoms with Crippen molar-refractivity contribution >= 4 is 27.8 Å². The molecule has 6 heteroatoms. The highest BCUT2D eigenvalue weighted by Gasteiger charge is 2.25. The summed E-state index contributed by atoms with van der Waals surface area (Å²) in [4.78, 5) is 11.8. The lowest BCUT2D eigenvalue weighted by atomic mass is 10.1. The number of benzene rings is 2. The van der Waals surface area contributed by atoms with E-state index < -0.39 is 10.0 Å². The van der Waals surface area contributed by atoms with Gasteiger partial charge in [0.2, 0.25) is 0 Å². The lowest BCUT2D eigenvalue weighted by Gasteiger charge is -2.08. The van der Waals surface area contributed by atoms with Crippen molar-refractivity contribution in [3.8, 4) is 0 Å². The second kappa shape index (κ2) is 6.49. The first kappa shape index (κ1) is 16.3. The molecule has 1 heterocycles. The molecule has 0 spiro atoms. The van der Waals surface area contributed by atoms with Crippen molar-refractivity contribution in [2.24, 2.45) is 0 Å². The number of sulfonamides is 1. The van der Waals surface area contributed by atoms with E-state index in [-0.39, 0.29) is 17.0 Å². The molecule has 1 N–H and O–H groups in total. The number of hydrogen-bond donors (Lipinski definition) is 1. The van der Waals surface area contributed by atoms with Crippen LogP contribution in [0.1, 0.15) is 18.9 Å². The minimum atomic E-state index is -3.60. The third-order valence-electron chi connectivity index (χ3n) is 3.64. The summed E-state index contributed by atoms with van der Waals surface area (Å²) < 4.78 is 32.1. The second-order valence-corrected chi connectivity index (χ2v) is 7.31. The molecule has 1 aliphatic heterocycles. The summed E-state index contributed by atoms with van der Waals surface area (Å²) in [5, 5.41) is 0. The van der Waals surface area contributed by atoms with Crippen molar-refractivity contribution in [2.75, 3.05) is 4.72 Å². The van der Waals surface area contributed by atoms with Gasteiger partial charge in [-0.1, -0.05) is 30.3 Å². The maximum atomic E-state index is 12.3. The van der Waals surface area contributed by atoms with Crippen LogP contribution in [0, 0.1) is 0 Å². The van der Waals surface area contributed by atoms with Gasteiger partial charge in [0.25, 0.3) is 10.0 Å². The smallest absolute Gasteiger partial charge is 0.334 e. The zero-order chi connectivity index (χ0) is 17.2. The van der Waals surface area contributed by atoms with Gasteiger partial charge in [0.1, 0.15) is 6.10 Å². The molecule has 1 aliphatic rings. The van der Waals surface area contributed by atoms with E-state index in [1.54, 1.807) is 48.5 Å². The van der Waals surface area contributed by atoms with Gasteiger partial charge >= 0.3 is 5.97 Å². The molecule has 0 saturated carbocycles. The fourth-order valence-electron chi connectivity index (χ4n) is 2.47. The third kappa shape index (κ3) is 3.65. The first-order valence-corrected chi connectivity index (χ1v) is 9.02. The molecule has 1 unspecified atom stereocenters. The molecule has 0 amide bonds. The Bertz CT molecular complexity index is 871. The number of ether oxygens (including phenoxy) is 1. The summed E-state index contributed by atoms with van der Waals surface area (Å²) in [7, 11) is -3.60. The zero-order valence-electron chi connectivity index (χ0n) is 13.1. The van der Waals surface area contributed by atoms with Gasteiger partial charge in [-0.25, -0.2) is 13.2 Å². The number of anilines is 1. The molecule has 124 valence electrons. The van der Waals surface area contributed by atoms with E-state index in [1.807, 2.05) is 6.92 Å². The van der Waals surface area contributed by atoms with Gasteiger partial charge in [-0.05, 0) is 42.8 Å². The first-order valence-electron chi connectivity index (χ1n) is 7.53. The quantitative estimate of drug-likeness (QED) is 0.683. The minimum Gasteiger partial charge on any atom is -0.459 e. The first-order chi connectivity index (χ1) is 11.4. The Kier molecular flexibility index (Phi) is 4.40. The van der Waals surface area contributed by atoms with Crippen molar-refractivity contribution < 1.29 is 17.9 Å². The van der Waals surface area contributed by atoms with Crippen LogP contribution < -0.4 is 4.72 Å². The normalized spacial score (nSPS) is 19.3. The fourth-order valence-corrected chi connectivity index (χ4v) is 3.55. The van der Waals surface area contributed by atoms with Crippen LogP contribution in [-0.4, -0.2) is 20.5 Å². The van der Waals surface area contributed by atoms with E-state index in [0.29, 0.717) is 17.7 Å². The highest BCUT2D eigenvalue weighted by atomic mass is 32.2. The molecular formula is C18H17NO4S. The van der Waals surface area contributed by atoms with Gasteiger partial charge in [0.15, 0.2) is 0 Å². The standard InChI is InChI=1S/C18H17NO4S/c1-13-11-15(18(20)23-13)12-14-7-9-16(10-8-14)19-24(21,22)17-5-3-2-4-6-17/h2-10,12-13,19H,11H2,1H3/b15-12+. The van der Waals surface area contributed by atoms with Gasteiger partial charge in [-0.2, -0.15) is 0 Å². The number of esters is 1. The average molecular weight is 343 g/mol. The van der Waals surface area contributed by atoms with Crippen LogP contribution in [0.15, 0.2) is 65.1 Å². The van der Waals surface area contributed by atoms with Crippen LogP contribution in [0.2, 0.25) is 0 Å². The summed E-state index contributed by atoms with van der Waals surface area (Å²) >= 11 is 0. The van der Waals surface area contributed by atoms with E-state index >= 15 is 0 Å². The zero-order valence-corrected chi connectivity index (χ0v) is 13.9. The summed E-state index contributed by atoms with van der Waals surface area (Å²) in [6, 6.07) is 15.0. The summed E-state index contributed by atoms with van der Waals surface area (Å²) in [5.74, 6) is -0.295. The van der Waals surface area contributed by atoms with E-state index in [2.05, 4.69) is 4.72 Å². The van der Waals surface area contributed by atoms with E-state index in [9.17, 15) is 13.2 Å². The molecule has 1 atom stereocenters. The molecule has 0 bridgehead atoms. The molecule has 2 aromatic rings. The molecule has 0 radical (unpaired) electrons. The number of rotatable bonds is 4. The predicted molar refractivity (Wildman–Crippen MR) is 91.8 cm³/mol. The second-order valence-electron chi connectivity index (χ2n) is 5.63. The van der Waals surface area contributed by atoms with Gasteiger partial charge in [-0.15, -0.1) is 0 Å². The molecule has 1 fully saturated rings. The topological polar surface area (TPSA) is 72.5 Å². The Morgan fingerprint density at radius 3 is 2.33 bits per heavy atom. The van der Waals surface area contributed by atoms with E-state index in [1.165, 1.54) is 12.1 Å². The molecule has 2 aromatic carbocycles. The van der Waals surface area contributed by atoms with Crippen molar-refractivity contribution in [1.29, 1.82) is 0 Å². The predicted octanol–water partition coefficient (Wildman–Crippen LogP) is 3.21. The Morgan fingerprint density at radius 2 is 1.75 bits per heavy atom. The molecule has 24 heavy (non-hydrogen) atoms. The molecule has 0 aliphatic carbocycles. The number of carbonyl (C=O) groups is 1. The van der Waals surface area contributed by atoms with E-state index in [4.69, 9.17) is 4.74 Å². The monoisotopic (exact) mass is 343 g/mol. The van der Waals surface area contributed by atoms with Gasteiger partial charge in [0.05, 0.1) is 4.90 Å². The summed E-state index contributed by atoms with van der Waals surface area (Å²) in [6.07, 6.45) is 2.25. The van der Waals surface area contributed by atoms with Gasteiger partial charge in [-0.3, -0.25) is 4.72 Å². The Labute approximate surface area is 141 Å². The Hall–Kier alpha value is -2.60. The molecule has 0 aromatic heterocycles. The minimum absolute atomic E-state index is 0.0966. The SMILES string of the molecule is CC1C/C(=C\c2ccc(NS(=O)(=O)c3ccccc3)cc2)C(=O)O1. The van der Waals surface area contributed by atoms with Crippen LogP contribution in [0.25, 0.3) is 6.08 Å². The van der Waals surface area contributed by atoms with Gasteiger partial charge < -0.3 is 4.74 Å². The van der Waals surface area contributed by atoms with Crippen LogP contribution in [0.5, 0.6) is 0 Å². The highest BCUT2D eigenvalue weighted by molar-refractivity contribution is 7.92.